The fourth-order valence-electron chi connectivity index (χ4n) is 2.08. The third-order valence-corrected chi connectivity index (χ3v) is 3.04. The molecule has 3 heteroatoms. The van der Waals surface area contributed by atoms with E-state index in [-0.39, 0.29) is 5.91 Å². The third kappa shape index (κ3) is 2.54. The molecule has 0 aromatic heterocycles. The topological polar surface area (TPSA) is 38.3 Å². The highest BCUT2D eigenvalue weighted by atomic mass is 16.5. The molecule has 0 spiro atoms. The Kier molecular flexibility index (Phi) is 3.44. The van der Waals surface area contributed by atoms with Crippen molar-refractivity contribution in [2.75, 3.05) is 7.11 Å². The van der Waals surface area contributed by atoms with Crippen LogP contribution >= 0.6 is 0 Å². The highest BCUT2D eigenvalue weighted by Gasteiger charge is 2.17. The normalized spacial score (nSPS) is 16.1. The van der Waals surface area contributed by atoms with E-state index in [4.69, 9.17) is 4.74 Å². The fourth-order valence-corrected chi connectivity index (χ4v) is 2.08. The van der Waals surface area contributed by atoms with E-state index in [2.05, 4.69) is 5.32 Å². The summed E-state index contributed by atoms with van der Waals surface area (Å²) in [5.74, 6) is 0.798. The van der Waals surface area contributed by atoms with Gasteiger partial charge in [-0.25, -0.2) is 0 Å². The molecule has 2 rings (SSSR count). The zero-order chi connectivity index (χ0) is 11.4. The molecule has 1 N–H and O–H groups in total. The summed E-state index contributed by atoms with van der Waals surface area (Å²) in [7, 11) is 1.62. The minimum atomic E-state index is 0.0227. The molecule has 0 heterocycles. The molecule has 1 aliphatic carbocycles. The van der Waals surface area contributed by atoms with Crippen molar-refractivity contribution in [3.63, 3.8) is 0 Å². The minimum Gasteiger partial charge on any atom is -0.497 e. The number of ether oxygens (including phenoxy) is 1. The summed E-state index contributed by atoms with van der Waals surface area (Å²) in [4.78, 5) is 11.8. The number of hydrogen-bond acceptors (Lipinski definition) is 2. The lowest BCUT2D eigenvalue weighted by Gasteiger charge is -2.11. The van der Waals surface area contributed by atoms with Crippen LogP contribution in [-0.4, -0.2) is 19.1 Å². The second kappa shape index (κ2) is 5.01. The van der Waals surface area contributed by atoms with E-state index >= 15 is 0 Å². The Morgan fingerprint density at radius 1 is 1.25 bits per heavy atom. The quantitative estimate of drug-likeness (QED) is 0.847. The number of methoxy groups -OCH3 is 1. The van der Waals surface area contributed by atoms with Crippen LogP contribution in [0.3, 0.4) is 0 Å². The van der Waals surface area contributed by atoms with Crippen LogP contribution in [0.4, 0.5) is 0 Å². The Labute approximate surface area is 95.8 Å². The Hall–Kier alpha value is -1.51. The molecule has 0 bridgehead atoms. The first-order valence-electron chi connectivity index (χ1n) is 5.74. The molecule has 1 fully saturated rings. The molecule has 3 nitrogen and oxygen atoms in total. The maximum atomic E-state index is 11.8. The van der Waals surface area contributed by atoms with Crippen LogP contribution in [0.5, 0.6) is 5.75 Å². The molecule has 0 saturated heterocycles. The molecule has 1 aromatic carbocycles. The predicted molar refractivity (Wildman–Crippen MR) is 62.7 cm³/mol. The molecular formula is C13H17NO2. The summed E-state index contributed by atoms with van der Waals surface area (Å²) >= 11 is 0. The van der Waals surface area contributed by atoms with E-state index < -0.39 is 0 Å². The summed E-state index contributed by atoms with van der Waals surface area (Å²) in [5, 5.41) is 3.05. The van der Waals surface area contributed by atoms with Gasteiger partial charge in [0.25, 0.3) is 5.91 Å². The van der Waals surface area contributed by atoms with Gasteiger partial charge < -0.3 is 10.1 Å². The Morgan fingerprint density at radius 2 is 1.88 bits per heavy atom. The second-order valence-corrected chi connectivity index (χ2v) is 4.18. The van der Waals surface area contributed by atoms with Crippen molar-refractivity contribution < 1.29 is 9.53 Å². The highest BCUT2D eigenvalue weighted by Crippen LogP contribution is 2.18. The molecule has 0 unspecified atom stereocenters. The number of carbonyl (C=O) groups excluding carboxylic acids is 1. The molecule has 0 radical (unpaired) electrons. The first-order chi connectivity index (χ1) is 7.79. The average Bonchev–Trinajstić information content (AvgIpc) is 2.82. The van der Waals surface area contributed by atoms with E-state index in [1.54, 1.807) is 19.2 Å². The maximum Gasteiger partial charge on any atom is 0.251 e. The van der Waals surface area contributed by atoms with E-state index in [0.717, 1.165) is 18.6 Å². The van der Waals surface area contributed by atoms with Crippen molar-refractivity contribution in [3.05, 3.63) is 29.8 Å². The van der Waals surface area contributed by atoms with Gasteiger partial charge in [-0.05, 0) is 37.1 Å². The van der Waals surface area contributed by atoms with Crippen molar-refractivity contribution in [3.8, 4) is 5.75 Å². The first-order valence-corrected chi connectivity index (χ1v) is 5.74. The summed E-state index contributed by atoms with van der Waals surface area (Å²) in [6.07, 6.45) is 4.69. The third-order valence-electron chi connectivity index (χ3n) is 3.04. The van der Waals surface area contributed by atoms with Crippen molar-refractivity contribution >= 4 is 5.91 Å². The largest absolute Gasteiger partial charge is 0.497 e. The molecule has 16 heavy (non-hydrogen) atoms. The first kappa shape index (κ1) is 11.0. The van der Waals surface area contributed by atoms with Crippen LogP contribution in [0.1, 0.15) is 36.0 Å². The van der Waals surface area contributed by atoms with E-state index in [1.165, 1.54) is 12.8 Å². The number of amides is 1. The molecule has 1 aromatic rings. The van der Waals surface area contributed by atoms with E-state index in [1.807, 2.05) is 12.1 Å². The molecule has 0 aliphatic heterocycles. The lowest BCUT2D eigenvalue weighted by molar-refractivity contribution is 0.0938. The van der Waals surface area contributed by atoms with Gasteiger partial charge in [0.2, 0.25) is 0 Å². The second-order valence-electron chi connectivity index (χ2n) is 4.18. The van der Waals surface area contributed by atoms with Gasteiger partial charge in [-0.15, -0.1) is 0 Å². The molecule has 0 atom stereocenters. The zero-order valence-electron chi connectivity index (χ0n) is 9.53. The number of hydrogen-bond donors (Lipinski definition) is 1. The van der Waals surface area contributed by atoms with E-state index in [0.29, 0.717) is 11.6 Å². The van der Waals surface area contributed by atoms with Gasteiger partial charge in [-0.2, -0.15) is 0 Å². The lowest BCUT2D eigenvalue weighted by Crippen LogP contribution is -2.32. The lowest BCUT2D eigenvalue weighted by atomic mass is 10.2. The van der Waals surface area contributed by atoms with Crippen LogP contribution in [0.15, 0.2) is 24.3 Å². The summed E-state index contributed by atoms with van der Waals surface area (Å²) in [6, 6.07) is 7.58. The van der Waals surface area contributed by atoms with Crippen molar-refractivity contribution in [1.82, 2.24) is 5.32 Å². The van der Waals surface area contributed by atoms with Gasteiger partial charge in [-0.3, -0.25) is 4.79 Å². The van der Waals surface area contributed by atoms with Crippen molar-refractivity contribution in [1.29, 1.82) is 0 Å². The monoisotopic (exact) mass is 219 g/mol. The number of rotatable bonds is 3. The Balaban J connectivity index is 1.97. The number of carbonyl (C=O) groups is 1. The van der Waals surface area contributed by atoms with Crippen molar-refractivity contribution in [2.24, 2.45) is 0 Å². The molecule has 1 saturated carbocycles. The van der Waals surface area contributed by atoms with E-state index in [9.17, 15) is 4.79 Å². The van der Waals surface area contributed by atoms with Gasteiger partial charge in [0.1, 0.15) is 5.75 Å². The standard InChI is InChI=1S/C13H17NO2/c1-16-12-8-6-10(7-9-12)13(15)14-11-4-2-3-5-11/h6-9,11H,2-5H2,1H3,(H,14,15). The fraction of sp³-hybridized carbons (Fsp3) is 0.462. The molecule has 1 aliphatic rings. The number of nitrogens with one attached hydrogen (secondary N) is 1. The average molecular weight is 219 g/mol. The molecular weight excluding hydrogens is 202 g/mol. The SMILES string of the molecule is COc1ccc(C(=O)NC2CCCC2)cc1. The van der Waals surface area contributed by atoms with Crippen LogP contribution in [0.25, 0.3) is 0 Å². The highest BCUT2D eigenvalue weighted by molar-refractivity contribution is 5.94. The number of benzene rings is 1. The van der Waals surface area contributed by atoms with Gasteiger partial charge >= 0.3 is 0 Å². The van der Waals surface area contributed by atoms with Gasteiger partial charge in [0.15, 0.2) is 0 Å². The summed E-state index contributed by atoms with van der Waals surface area (Å²) in [5.41, 5.74) is 0.702. The van der Waals surface area contributed by atoms with Crippen molar-refractivity contribution in [2.45, 2.75) is 31.7 Å². The Bertz CT molecular complexity index is 353. The summed E-state index contributed by atoms with van der Waals surface area (Å²) < 4.78 is 5.05. The predicted octanol–water partition coefficient (Wildman–Crippen LogP) is 2.37. The summed E-state index contributed by atoms with van der Waals surface area (Å²) in [6.45, 7) is 0. The molecule has 86 valence electrons. The smallest absolute Gasteiger partial charge is 0.251 e. The molecule has 1 amide bonds. The van der Waals surface area contributed by atoms with Gasteiger partial charge in [0, 0.05) is 11.6 Å². The van der Waals surface area contributed by atoms with Crippen LogP contribution in [0, 0.1) is 0 Å². The Morgan fingerprint density at radius 3 is 2.44 bits per heavy atom. The minimum absolute atomic E-state index is 0.0227. The maximum absolute atomic E-state index is 11.8. The van der Waals surface area contributed by atoms with Crippen LogP contribution in [0.2, 0.25) is 0 Å². The van der Waals surface area contributed by atoms with Gasteiger partial charge in [0.05, 0.1) is 7.11 Å². The van der Waals surface area contributed by atoms with Gasteiger partial charge in [-0.1, -0.05) is 12.8 Å². The zero-order valence-corrected chi connectivity index (χ0v) is 9.53. The van der Waals surface area contributed by atoms with Crippen LogP contribution in [-0.2, 0) is 0 Å². The van der Waals surface area contributed by atoms with Crippen LogP contribution < -0.4 is 10.1 Å².